The summed E-state index contributed by atoms with van der Waals surface area (Å²) in [5.41, 5.74) is 8.46. The molecule has 3 aliphatic rings. The monoisotopic (exact) mass is 1250 g/mol. The number of nitrogens with one attached hydrogen (secondary N) is 4. The molecule has 19 heteroatoms. The number of aryl methyl sites for hydroxylation is 2. The number of furan rings is 2. The first-order valence-electron chi connectivity index (χ1n) is 30.9. The minimum Gasteiger partial charge on any atom is -0.492 e. The lowest BCUT2D eigenvalue weighted by atomic mass is 9.94. The average Bonchev–Trinajstić information content (AvgIpc) is 1.67. The lowest BCUT2D eigenvalue weighted by Gasteiger charge is -2.24. The van der Waals surface area contributed by atoms with E-state index in [2.05, 4.69) is 31.2 Å². The molecule has 6 heterocycles. The zero-order valence-electron chi connectivity index (χ0n) is 51.4. The van der Waals surface area contributed by atoms with E-state index in [-0.39, 0.29) is 47.3 Å². The number of pyridine rings is 2. The highest BCUT2D eigenvalue weighted by Gasteiger charge is 2.49. The Morgan fingerprint density at radius 2 is 1.15 bits per heavy atom. The Labute approximate surface area is 533 Å². The Balaban J connectivity index is 0.762. The predicted octanol–water partition coefficient (Wildman–Crippen LogP) is 13.4. The minimum absolute atomic E-state index is 0.0495. The van der Waals surface area contributed by atoms with Crippen molar-refractivity contribution in [2.75, 3.05) is 40.5 Å². The van der Waals surface area contributed by atoms with Crippen molar-refractivity contribution in [3.8, 4) is 56.4 Å². The van der Waals surface area contributed by atoms with Gasteiger partial charge in [0.15, 0.2) is 0 Å². The molecule has 1 aliphatic heterocycles. The molecule has 2 atom stereocenters. The van der Waals surface area contributed by atoms with Gasteiger partial charge in [0.05, 0.1) is 70.3 Å². The summed E-state index contributed by atoms with van der Waals surface area (Å²) in [7, 11) is 3.08. The van der Waals surface area contributed by atoms with Gasteiger partial charge in [-0.15, -0.1) is 0 Å². The van der Waals surface area contributed by atoms with Gasteiger partial charge < -0.3 is 48.9 Å². The molecule has 2 aliphatic carbocycles. The third-order valence-electron chi connectivity index (χ3n) is 18.1. The zero-order valence-corrected chi connectivity index (χ0v) is 51.4. The maximum Gasteiger partial charge on any atom is 0.255 e. The van der Waals surface area contributed by atoms with Crippen molar-refractivity contribution in [3.05, 3.63) is 233 Å². The number of benzene rings is 6. The summed E-state index contributed by atoms with van der Waals surface area (Å²) in [6.07, 6.45) is 12.2. The standard InChI is InChI=1S/C74H64F2N8O9/c1-42-31-61(90-39-44-22-30-89-38-44)56(35-52(42)47-12-19-59-54(33-47)65(71(87)77-3)67(92-59)45-8-15-50(75)16-9-45)69(85)83-74(25-26-74)64-21-14-49(37-81-64)58(84-29-28-79-41-84)40-91-62-32-43(2)53(36-57(62)70(86)82-73(23-24-73)63-7-5-6-27-80-63)48-13-20-60-55(34-48)66(72(88)78-4)68(93-60)46-10-17-51(76)18-11-46/h5-21,27-29,31-37,41,44,58H,22-26,30,38-40H2,1-4H3,(H,77,87)(H,78,88)(H,82,86)(H,83,85). The van der Waals surface area contributed by atoms with Crippen molar-refractivity contribution in [3.63, 3.8) is 0 Å². The smallest absolute Gasteiger partial charge is 0.255 e. The second-order valence-electron chi connectivity index (χ2n) is 24.2. The molecule has 2 saturated carbocycles. The lowest BCUT2D eigenvalue weighted by molar-refractivity contribution is 0.0916. The van der Waals surface area contributed by atoms with Gasteiger partial charge >= 0.3 is 0 Å². The Morgan fingerprint density at radius 1 is 0.613 bits per heavy atom. The fraction of sp³-hybridized carbons (Fsp3) is 0.230. The van der Waals surface area contributed by atoms with Gasteiger partial charge in [0.25, 0.3) is 23.6 Å². The summed E-state index contributed by atoms with van der Waals surface area (Å²) >= 11 is 0. The fourth-order valence-corrected chi connectivity index (χ4v) is 12.6. The summed E-state index contributed by atoms with van der Waals surface area (Å²) in [6, 6.07) is 39.1. The van der Waals surface area contributed by atoms with Gasteiger partial charge in [0.1, 0.15) is 52.4 Å². The Morgan fingerprint density at radius 3 is 1.61 bits per heavy atom. The summed E-state index contributed by atoms with van der Waals surface area (Å²) in [5.74, 6) is -0.777. The molecule has 0 radical (unpaired) electrons. The molecule has 4 amide bonds. The number of imidazole rings is 1. The van der Waals surface area contributed by atoms with Crippen LogP contribution in [-0.2, 0) is 15.8 Å². The molecule has 14 rings (SSSR count). The number of nitrogens with zero attached hydrogens (tertiary/aromatic N) is 4. The van der Waals surface area contributed by atoms with Crippen LogP contribution in [0.4, 0.5) is 8.78 Å². The van der Waals surface area contributed by atoms with Crippen LogP contribution in [0.2, 0.25) is 0 Å². The number of ether oxygens (including phenoxy) is 3. The molecule has 6 aromatic carbocycles. The Kier molecular flexibility index (Phi) is 15.7. The molecule has 5 aromatic heterocycles. The van der Waals surface area contributed by atoms with E-state index in [4.69, 9.17) is 28.0 Å². The van der Waals surface area contributed by atoms with Crippen LogP contribution in [0.1, 0.15) is 108 Å². The van der Waals surface area contributed by atoms with Gasteiger partial charge in [-0.3, -0.25) is 29.1 Å². The number of aromatic nitrogens is 4. The van der Waals surface area contributed by atoms with E-state index in [9.17, 15) is 23.2 Å². The normalized spacial score (nSPS) is 15.6. The topological polar surface area (TPSA) is 214 Å². The summed E-state index contributed by atoms with van der Waals surface area (Å²) in [5, 5.41) is 13.2. The van der Waals surface area contributed by atoms with E-state index < -0.39 is 28.8 Å². The maximum absolute atomic E-state index is 15.0. The lowest BCUT2D eigenvalue weighted by Crippen LogP contribution is -2.36. The number of rotatable bonds is 20. The van der Waals surface area contributed by atoms with Gasteiger partial charge in [-0.1, -0.05) is 24.3 Å². The van der Waals surface area contributed by atoms with Crippen LogP contribution in [0.5, 0.6) is 11.5 Å². The summed E-state index contributed by atoms with van der Waals surface area (Å²) in [4.78, 5) is 71.2. The van der Waals surface area contributed by atoms with Crippen LogP contribution >= 0.6 is 0 Å². The first-order valence-corrected chi connectivity index (χ1v) is 30.9. The fourth-order valence-electron chi connectivity index (χ4n) is 12.6. The second-order valence-corrected chi connectivity index (χ2v) is 24.2. The highest BCUT2D eigenvalue weighted by molar-refractivity contribution is 6.13. The molecular weight excluding hydrogens is 1180 g/mol. The number of carbonyl (C=O) groups excluding carboxylic acids is 4. The molecule has 4 N–H and O–H groups in total. The van der Waals surface area contributed by atoms with E-state index in [0.717, 1.165) is 39.9 Å². The number of fused-ring (bicyclic) bond motifs is 2. The third kappa shape index (κ3) is 11.6. The summed E-state index contributed by atoms with van der Waals surface area (Å²) < 4.78 is 61.6. The van der Waals surface area contributed by atoms with Gasteiger partial charge in [-0.05, 0) is 200 Å². The van der Waals surface area contributed by atoms with E-state index in [1.807, 2.05) is 103 Å². The molecule has 2 unspecified atom stereocenters. The number of halogens is 2. The first kappa shape index (κ1) is 59.8. The highest BCUT2D eigenvalue weighted by Crippen LogP contribution is 2.48. The SMILES string of the molecule is CNC(=O)c1c(-c2ccc(F)cc2)oc2ccc(-c3cc(C(=O)NC4(c5ccc(C(COc6cc(C)c(-c7ccc8oc(-c9ccc(F)cc9)c(C(=O)NC)c8c7)cc6C(=O)NC6(c7ccccn7)CC6)n6ccnc6)cn5)CC4)c(OCC4CCOC4)cc3C)cc12. The predicted molar refractivity (Wildman–Crippen MR) is 346 cm³/mol. The second kappa shape index (κ2) is 24.4. The average molecular weight is 1250 g/mol. The minimum atomic E-state index is -0.792. The van der Waals surface area contributed by atoms with Gasteiger partial charge in [0, 0.05) is 73.3 Å². The molecule has 1 saturated heterocycles. The molecule has 11 aromatic rings. The summed E-state index contributed by atoms with van der Waals surface area (Å²) in [6.45, 7) is 5.50. The highest BCUT2D eigenvalue weighted by atomic mass is 19.1. The van der Waals surface area contributed by atoms with E-state index >= 15 is 4.79 Å². The largest absolute Gasteiger partial charge is 0.492 e. The van der Waals surface area contributed by atoms with E-state index in [1.54, 1.807) is 68.4 Å². The van der Waals surface area contributed by atoms with Gasteiger partial charge in [0.2, 0.25) is 0 Å². The van der Waals surface area contributed by atoms with Crippen molar-refractivity contribution in [1.29, 1.82) is 0 Å². The third-order valence-corrected chi connectivity index (χ3v) is 18.1. The molecule has 93 heavy (non-hydrogen) atoms. The molecule has 468 valence electrons. The van der Waals surface area contributed by atoms with E-state index in [0.29, 0.717) is 130 Å². The Bertz CT molecular complexity index is 4690. The molecule has 3 fully saturated rings. The quantitative estimate of drug-likeness (QED) is 0.0561. The van der Waals surface area contributed by atoms with Crippen molar-refractivity contribution in [1.82, 2.24) is 40.8 Å². The maximum atomic E-state index is 15.0. The van der Waals surface area contributed by atoms with Gasteiger partial charge in [-0.25, -0.2) is 13.8 Å². The molecule has 17 nitrogen and oxygen atoms in total. The van der Waals surface area contributed by atoms with Crippen LogP contribution in [0.25, 0.3) is 66.8 Å². The van der Waals surface area contributed by atoms with Crippen LogP contribution in [-0.4, -0.2) is 83.7 Å². The van der Waals surface area contributed by atoms with Crippen molar-refractivity contribution >= 4 is 45.6 Å². The van der Waals surface area contributed by atoms with Crippen LogP contribution < -0.4 is 30.7 Å². The van der Waals surface area contributed by atoms with Crippen molar-refractivity contribution in [2.24, 2.45) is 5.92 Å². The first-order chi connectivity index (χ1) is 45.2. The number of hydrogen-bond acceptors (Lipinski definition) is 12. The molecule has 0 bridgehead atoms. The molecule has 0 spiro atoms. The van der Waals surface area contributed by atoms with Gasteiger partial charge in [-0.2, -0.15) is 0 Å². The van der Waals surface area contributed by atoms with Crippen molar-refractivity contribution in [2.45, 2.75) is 63.1 Å². The number of hydrogen-bond donors (Lipinski definition) is 4. The molecular formula is C74H64F2N8O9. The van der Waals surface area contributed by atoms with Crippen LogP contribution in [0, 0.1) is 31.4 Å². The zero-order chi connectivity index (χ0) is 64.1. The van der Waals surface area contributed by atoms with Crippen molar-refractivity contribution < 1.29 is 51.0 Å². The number of carbonyl (C=O) groups is 4. The van der Waals surface area contributed by atoms with Crippen LogP contribution in [0.15, 0.2) is 179 Å². The van der Waals surface area contributed by atoms with E-state index in [1.165, 1.54) is 31.3 Å². The Hall–Kier alpha value is -10.8. The number of amides is 4. The van der Waals surface area contributed by atoms with Crippen LogP contribution in [0.3, 0.4) is 0 Å².